The lowest BCUT2D eigenvalue weighted by Crippen LogP contribution is -2.60. The van der Waals surface area contributed by atoms with Crippen molar-refractivity contribution in [3.8, 4) is 0 Å². The Morgan fingerprint density at radius 2 is 1.75 bits per heavy atom. The van der Waals surface area contributed by atoms with Crippen LogP contribution in [0.2, 0.25) is 0 Å². The average molecular weight is 538 g/mol. The molecule has 7 heterocycles. The third kappa shape index (κ3) is 5.06. The molecular weight excluding hydrogens is 494 g/mol. The van der Waals surface area contributed by atoms with E-state index in [0.29, 0.717) is 18.0 Å². The number of likely N-dealkylation sites (tertiary alicyclic amines) is 2. The van der Waals surface area contributed by atoms with Gasteiger partial charge in [-0.05, 0) is 75.0 Å². The second kappa shape index (κ2) is 10.3. The SMILES string of the molecule is C=C1c2cncc(N3CC(N4CCCCC4)C3)c2C=CN1Cc1cn2cc(CN3CCC(C)(C)CC3)ccc2n1. The van der Waals surface area contributed by atoms with Gasteiger partial charge in [0.15, 0.2) is 0 Å². The molecule has 3 aromatic rings. The predicted octanol–water partition coefficient (Wildman–Crippen LogP) is 5.48. The zero-order chi connectivity index (χ0) is 27.3. The molecule has 0 atom stereocenters. The molecule has 0 N–H and O–H groups in total. The van der Waals surface area contributed by atoms with Gasteiger partial charge in [-0.15, -0.1) is 0 Å². The van der Waals surface area contributed by atoms with E-state index in [1.54, 1.807) is 0 Å². The van der Waals surface area contributed by atoms with Crippen LogP contribution in [0.3, 0.4) is 0 Å². The van der Waals surface area contributed by atoms with Crippen molar-refractivity contribution in [3.05, 3.63) is 72.1 Å². The van der Waals surface area contributed by atoms with Gasteiger partial charge in [-0.1, -0.05) is 32.9 Å². The normalized spacial score (nSPS) is 22.1. The molecule has 0 spiro atoms. The lowest BCUT2D eigenvalue weighted by atomic mass is 9.82. The van der Waals surface area contributed by atoms with E-state index in [2.05, 4.69) is 86.2 Å². The minimum absolute atomic E-state index is 0.482. The molecule has 0 amide bonds. The number of fused-ring (bicyclic) bond motifs is 2. The van der Waals surface area contributed by atoms with Gasteiger partial charge in [0.2, 0.25) is 0 Å². The van der Waals surface area contributed by atoms with E-state index in [4.69, 9.17) is 4.98 Å². The van der Waals surface area contributed by atoms with Gasteiger partial charge >= 0.3 is 0 Å². The molecule has 4 aliphatic rings. The standard InChI is InChI=1S/C33H43N7/c1-25-30-17-34-18-31(39-23-28(24-39)37-12-5-4-6-13-37)29(30)9-14-38(25)21-27-22-40-20-26(7-8-32(40)35-27)19-36-15-10-33(2,3)11-16-36/h7-9,14,17-18,20,22,28H,1,4-6,10-13,15-16,19,21,23-24H2,2-3H3. The smallest absolute Gasteiger partial charge is 0.137 e. The van der Waals surface area contributed by atoms with E-state index >= 15 is 0 Å². The summed E-state index contributed by atoms with van der Waals surface area (Å²) in [5.74, 6) is 0. The number of hydrogen-bond acceptors (Lipinski definition) is 6. The van der Waals surface area contributed by atoms with Crippen LogP contribution in [-0.2, 0) is 13.1 Å². The molecule has 0 aliphatic carbocycles. The highest BCUT2D eigenvalue weighted by molar-refractivity contribution is 5.83. The second-order valence-corrected chi connectivity index (χ2v) is 13.1. The maximum absolute atomic E-state index is 4.93. The van der Waals surface area contributed by atoms with Crippen molar-refractivity contribution in [3.63, 3.8) is 0 Å². The number of imidazole rings is 1. The molecule has 210 valence electrons. The van der Waals surface area contributed by atoms with Crippen molar-refractivity contribution in [2.75, 3.05) is 44.2 Å². The summed E-state index contributed by atoms with van der Waals surface area (Å²) in [6.07, 6.45) is 19.5. The monoisotopic (exact) mass is 537 g/mol. The first-order valence-corrected chi connectivity index (χ1v) is 15.2. The fourth-order valence-corrected chi connectivity index (χ4v) is 6.85. The van der Waals surface area contributed by atoms with Crippen LogP contribution in [0.1, 0.15) is 68.3 Å². The third-order valence-electron chi connectivity index (χ3n) is 9.67. The number of pyridine rings is 2. The van der Waals surface area contributed by atoms with Crippen LogP contribution in [0, 0.1) is 5.41 Å². The van der Waals surface area contributed by atoms with Gasteiger partial charge in [-0.25, -0.2) is 4.98 Å². The van der Waals surface area contributed by atoms with Gasteiger partial charge in [0, 0.05) is 67.3 Å². The molecule has 3 saturated heterocycles. The molecule has 3 aromatic heterocycles. The first-order chi connectivity index (χ1) is 19.4. The molecule has 40 heavy (non-hydrogen) atoms. The number of nitrogens with zero attached hydrogens (tertiary/aromatic N) is 7. The molecule has 0 aromatic carbocycles. The third-order valence-corrected chi connectivity index (χ3v) is 9.67. The minimum atomic E-state index is 0.482. The average Bonchev–Trinajstić information content (AvgIpc) is 3.33. The highest BCUT2D eigenvalue weighted by Crippen LogP contribution is 2.37. The van der Waals surface area contributed by atoms with Crippen molar-refractivity contribution in [1.82, 2.24) is 29.1 Å². The quantitative estimate of drug-likeness (QED) is 0.415. The van der Waals surface area contributed by atoms with Gasteiger partial charge in [-0.2, -0.15) is 0 Å². The highest BCUT2D eigenvalue weighted by Gasteiger charge is 2.34. The number of rotatable bonds is 6. The number of piperidine rings is 2. The van der Waals surface area contributed by atoms with E-state index in [9.17, 15) is 0 Å². The Hall–Kier alpha value is -3.16. The summed E-state index contributed by atoms with van der Waals surface area (Å²) in [7, 11) is 0. The zero-order valence-corrected chi connectivity index (χ0v) is 24.2. The van der Waals surface area contributed by atoms with Crippen LogP contribution in [0.4, 0.5) is 5.69 Å². The van der Waals surface area contributed by atoms with Crippen molar-refractivity contribution in [1.29, 1.82) is 0 Å². The van der Waals surface area contributed by atoms with Gasteiger partial charge in [0.25, 0.3) is 0 Å². The van der Waals surface area contributed by atoms with E-state index in [-0.39, 0.29) is 0 Å². The fraction of sp³-hybridized carbons (Fsp3) is 0.515. The summed E-state index contributed by atoms with van der Waals surface area (Å²) < 4.78 is 2.19. The summed E-state index contributed by atoms with van der Waals surface area (Å²) in [6.45, 7) is 18.0. The summed E-state index contributed by atoms with van der Waals surface area (Å²) in [5.41, 5.74) is 8.46. The van der Waals surface area contributed by atoms with Crippen molar-refractivity contribution in [2.24, 2.45) is 5.41 Å². The van der Waals surface area contributed by atoms with E-state index < -0.39 is 0 Å². The summed E-state index contributed by atoms with van der Waals surface area (Å²) in [6, 6.07) is 5.08. The minimum Gasteiger partial charge on any atom is -0.367 e. The lowest BCUT2D eigenvalue weighted by molar-refractivity contribution is 0.127. The summed E-state index contributed by atoms with van der Waals surface area (Å²) in [5, 5.41) is 0. The molecular formula is C33H43N7. The number of aromatic nitrogens is 3. The molecule has 0 bridgehead atoms. The Bertz CT molecular complexity index is 1410. The van der Waals surface area contributed by atoms with E-state index in [1.165, 1.54) is 75.1 Å². The first-order valence-electron chi connectivity index (χ1n) is 15.2. The molecule has 7 heteroatoms. The predicted molar refractivity (Wildman–Crippen MR) is 163 cm³/mol. The van der Waals surface area contributed by atoms with Gasteiger partial charge in [0.1, 0.15) is 5.65 Å². The lowest BCUT2D eigenvalue weighted by Gasteiger charge is -2.48. The van der Waals surface area contributed by atoms with E-state index in [0.717, 1.165) is 42.2 Å². The van der Waals surface area contributed by atoms with Crippen LogP contribution >= 0.6 is 0 Å². The molecule has 0 saturated carbocycles. The Morgan fingerprint density at radius 3 is 2.55 bits per heavy atom. The van der Waals surface area contributed by atoms with Crippen molar-refractivity contribution < 1.29 is 0 Å². The van der Waals surface area contributed by atoms with Crippen molar-refractivity contribution in [2.45, 2.75) is 65.1 Å². The largest absolute Gasteiger partial charge is 0.367 e. The van der Waals surface area contributed by atoms with Crippen LogP contribution < -0.4 is 4.90 Å². The number of anilines is 1. The van der Waals surface area contributed by atoms with Crippen molar-refractivity contribution >= 4 is 23.1 Å². The summed E-state index contributed by atoms with van der Waals surface area (Å²) in [4.78, 5) is 19.5. The van der Waals surface area contributed by atoms with Crippen LogP contribution in [-0.4, -0.2) is 74.4 Å². The number of hydrogen-bond donors (Lipinski definition) is 0. The highest BCUT2D eigenvalue weighted by atomic mass is 15.3. The first kappa shape index (κ1) is 25.8. The van der Waals surface area contributed by atoms with E-state index in [1.807, 2.05) is 12.4 Å². The second-order valence-electron chi connectivity index (χ2n) is 13.1. The Balaban J connectivity index is 1.01. The molecule has 3 fully saturated rings. The molecule has 4 aliphatic heterocycles. The Kier molecular flexibility index (Phi) is 6.67. The Labute approximate surface area is 238 Å². The molecule has 0 unspecified atom stereocenters. The van der Waals surface area contributed by atoms with Gasteiger partial charge in [0.05, 0.1) is 24.1 Å². The van der Waals surface area contributed by atoms with Gasteiger partial charge in [-0.3, -0.25) is 14.8 Å². The fourth-order valence-electron chi connectivity index (χ4n) is 6.85. The molecule has 7 nitrogen and oxygen atoms in total. The topological polar surface area (TPSA) is 43.2 Å². The molecule has 7 rings (SSSR count). The summed E-state index contributed by atoms with van der Waals surface area (Å²) >= 11 is 0. The van der Waals surface area contributed by atoms with Gasteiger partial charge < -0.3 is 14.2 Å². The zero-order valence-electron chi connectivity index (χ0n) is 24.2. The van der Waals surface area contributed by atoms with Crippen LogP contribution in [0.5, 0.6) is 0 Å². The maximum Gasteiger partial charge on any atom is 0.137 e. The molecule has 0 radical (unpaired) electrons. The van der Waals surface area contributed by atoms with Crippen LogP contribution in [0.25, 0.3) is 17.4 Å². The van der Waals surface area contributed by atoms with Crippen LogP contribution in [0.15, 0.2) is 49.7 Å². The maximum atomic E-state index is 4.93. The Morgan fingerprint density at radius 1 is 0.950 bits per heavy atom.